The summed E-state index contributed by atoms with van der Waals surface area (Å²) in [6.45, 7) is 2.91. The van der Waals surface area contributed by atoms with Crippen LogP contribution in [0.15, 0.2) is 29.5 Å². The Kier molecular flexibility index (Phi) is 5.09. The molecule has 3 heterocycles. The van der Waals surface area contributed by atoms with Gasteiger partial charge in [0.05, 0.1) is 24.4 Å². The molecular weight excluding hydrogens is 370 g/mol. The van der Waals surface area contributed by atoms with Crippen molar-refractivity contribution < 1.29 is 14.2 Å². The van der Waals surface area contributed by atoms with Gasteiger partial charge in [0.25, 0.3) is 0 Å². The number of ether oxygens (including phenoxy) is 3. The number of benzene rings is 1. The minimum absolute atomic E-state index is 0.0222. The molecule has 27 heavy (non-hydrogen) atoms. The summed E-state index contributed by atoms with van der Waals surface area (Å²) >= 11 is 6.26. The van der Waals surface area contributed by atoms with Crippen molar-refractivity contribution in [2.45, 2.75) is 12.6 Å². The first-order chi connectivity index (χ1) is 13.1. The third-order valence-electron chi connectivity index (χ3n) is 4.61. The quantitative estimate of drug-likeness (QED) is 0.637. The Morgan fingerprint density at radius 2 is 2.30 bits per heavy atom. The number of morpholine rings is 1. The number of nitrogens with zero attached hydrogens (tertiary/aromatic N) is 4. The summed E-state index contributed by atoms with van der Waals surface area (Å²) in [6, 6.07) is 3.82. The molecule has 1 aromatic heterocycles. The predicted molar refractivity (Wildman–Crippen MR) is 101 cm³/mol. The van der Waals surface area contributed by atoms with Gasteiger partial charge in [-0.15, -0.1) is 0 Å². The number of aryl methyl sites for hydroxylation is 1. The van der Waals surface area contributed by atoms with Crippen LogP contribution in [0.25, 0.3) is 0 Å². The summed E-state index contributed by atoms with van der Waals surface area (Å²) in [5, 5.41) is 8.18. The van der Waals surface area contributed by atoms with E-state index in [1.807, 2.05) is 31.6 Å². The predicted octanol–water partition coefficient (Wildman–Crippen LogP) is 1.95. The SMILES string of the molecule is CN=C(NCc1cc(Cl)c2c(c1)OCO2)N1CCOC(c2cnn(C)c2)C1. The first-order valence-corrected chi connectivity index (χ1v) is 9.15. The van der Waals surface area contributed by atoms with Gasteiger partial charge >= 0.3 is 0 Å². The molecule has 1 saturated heterocycles. The van der Waals surface area contributed by atoms with Crippen molar-refractivity contribution in [2.75, 3.05) is 33.5 Å². The molecule has 0 radical (unpaired) electrons. The van der Waals surface area contributed by atoms with Gasteiger partial charge in [0.2, 0.25) is 6.79 Å². The minimum atomic E-state index is -0.0222. The Bertz CT molecular complexity index is 854. The van der Waals surface area contributed by atoms with Crippen LogP contribution in [0.2, 0.25) is 5.02 Å². The van der Waals surface area contributed by atoms with E-state index in [0.29, 0.717) is 36.2 Å². The van der Waals surface area contributed by atoms with Crippen LogP contribution in [0.5, 0.6) is 11.5 Å². The molecule has 4 rings (SSSR count). The van der Waals surface area contributed by atoms with Gasteiger partial charge in [0, 0.05) is 38.9 Å². The molecule has 0 bridgehead atoms. The molecule has 1 unspecified atom stereocenters. The van der Waals surface area contributed by atoms with Crippen LogP contribution < -0.4 is 14.8 Å². The Labute approximate surface area is 162 Å². The molecule has 0 saturated carbocycles. The first kappa shape index (κ1) is 17.9. The van der Waals surface area contributed by atoms with Crippen LogP contribution >= 0.6 is 11.6 Å². The van der Waals surface area contributed by atoms with E-state index in [0.717, 1.165) is 23.6 Å². The van der Waals surface area contributed by atoms with Crippen LogP contribution in [0.4, 0.5) is 0 Å². The molecule has 1 atom stereocenters. The van der Waals surface area contributed by atoms with Crippen molar-refractivity contribution in [3.63, 3.8) is 0 Å². The Morgan fingerprint density at radius 1 is 1.41 bits per heavy atom. The van der Waals surface area contributed by atoms with E-state index in [9.17, 15) is 0 Å². The van der Waals surface area contributed by atoms with Crippen LogP contribution in [0.1, 0.15) is 17.2 Å². The van der Waals surface area contributed by atoms with E-state index in [1.165, 1.54) is 0 Å². The van der Waals surface area contributed by atoms with Gasteiger partial charge < -0.3 is 24.4 Å². The van der Waals surface area contributed by atoms with E-state index in [1.54, 1.807) is 11.7 Å². The normalized spacial score (nSPS) is 19.4. The second kappa shape index (κ2) is 7.66. The molecule has 2 aromatic rings. The third-order valence-corrected chi connectivity index (χ3v) is 4.89. The average molecular weight is 392 g/mol. The van der Waals surface area contributed by atoms with Crippen molar-refractivity contribution in [3.8, 4) is 11.5 Å². The van der Waals surface area contributed by atoms with E-state index in [2.05, 4.69) is 20.3 Å². The molecule has 2 aliphatic rings. The first-order valence-electron chi connectivity index (χ1n) is 8.78. The van der Waals surface area contributed by atoms with Gasteiger partial charge in [0.1, 0.15) is 6.10 Å². The smallest absolute Gasteiger partial charge is 0.231 e. The molecule has 1 N–H and O–H groups in total. The van der Waals surface area contributed by atoms with Gasteiger partial charge in [-0.3, -0.25) is 9.67 Å². The third kappa shape index (κ3) is 3.81. The van der Waals surface area contributed by atoms with Gasteiger partial charge in [-0.1, -0.05) is 11.6 Å². The molecule has 9 heteroatoms. The summed E-state index contributed by atoms with van der Waals surface area (Å²) in [7, 11) is 3.69. The lowest BCUT2D eigenvalue weighted by atomic mass is 10.1. The maximum Gasteiger partial charge on any atom is 0.231 e. The zero-order valence-electron chi connectivity index (χ0n) is 15.3. The lowest BCUT2D eigenvalue weighted by Crippen LogP contribution is -2.47. The highest BCUT2D eigenvalue weighted by atomic mass is 35.5. The number of rotatable bonds is 3. The zero-order valence-corrected chi connectivity index (χ0v) is 16.1. The Morgan fingerprint density at radius 3 is 3.07 bits per heavy atom. The lowest BCUT2D eigenvalue weighted by Gasteiger charge is -2.34. The fraction of sp³-hybridized carbons (Fsp3) is 0.444. The van der Waals surface area contributed by atoms with E-state index in [4.69, 9.17) is 25.8 Å². The number of fused-ring (bicyclic) bond motifs is 1. The maximum atomic E-state index is 6.26. The topological polar surface area (TPSA) is 73.1 Å². The summed E-state index contributed by atoms with van der Waals surface area (Å²) in [5.41, 5.74) is 2.07. The standard InChI is InChI=1S/C18H22ClN5O3/c1-20-18(21-7-12-5-14(19)17-15(6-12)26-11-27-17)24-3-4-25-16(10-24)13-8-22-23(2)9-13/h5-6,8-9,16H,3-4,7,10-11H2,1-2H3,(H,20,21). The zero-order chi connectivity index (χ0) is 18.8. The number of hydrogen-bond donors (Lipinski definition) is 1. The number of aliphatic imine (C=N–C) groups is 1. The molecular formula is C18H22ClN5O3. The van der Waals surface area contributed by atoms with Crippen LogP contribution in [-0.2, 0) is 18.3 Å². The molecule has 8 nitrogen and oxygen atoms in total. The summed E-state index contributed by atoms with van der Waals surface area (Å²) < 4.78 is 18.5. The molecule has 0 spiro atoms. The highest BCUT2D eigenvalue weighted by Crippen LogP contribution is 2.39. The number of aromatic nitrogens is 2. The van der Waals surface area contributed by atoms with Gasteiger partial charge in [0.15, 0.2) is 17.5 Å². The van der Waals surface area contributed by atoms with E-state index >= 15 is 0 Å². The summed E-state index contributed by atoms with van der Waals surface area (Å²) in [4.78, 5) is 6.61. The van der Waals surface area contributed by atoms with E-state index < -0.39 is 0 Å². The highest BCUT2D eigenvalue weighted by Gasteiger charge is 2.25. The van der Waals surface area contributed by atoms with Crippen LogP contribution in [0, 0.1) is 0 Å². The maximum absolute atomic E-state index is 6.26. The van der Waals surface area contributed by atoms with Crippen molar-refractivity contribution >= 4 is 17.6 Å². The minimum Gasteiger partial charge on any atom is -0.454 e. The van der Waals surface area contributed by atoms with Gasteiger partial charge in [-0.25, -0.2) is 0 Å². The van der Waals surface area contributed by atoms with Crippen molar-refractivity contribution in [1.82, 2.24) is 20.0 Å². The van der Waals surface area contributed by atoms with Gasteiger partial charge in [-0.05, 0) is 17.7 Å². The number of halogens is 1. The number of guanidine groups is 1. The average Bonchev–Trinajstić information content (AvgIpc) is 3.32. The molecule has 0 amide bonds. The van der Waals surface area contributed by atoms with Crippen LogP contribution in [-0.4, -0.2) is 54.2 Å². The Hall–Kier alpha value is -2.45. The monoisotopic (exact) mass is 391 g/mol. The molecule has 144 valence electrons. The second-order valence-electron chi connectivity index (χ2n) is 6.46. The summed E-state index contributed by atoms with van der Waals surface area (Å²) in [5.74, 6) is 2.11. The van der Waals surface area contributed by atoms with E-state index in [-0.39, 0.29) is 12.9 Å². The van der Waals surface area contributed by atoms with Crippen LogP contribution in [0.3, 0.4) is 0 Å². The second-order valence-corrected chi connectivity index (χ2v) is 6.87. The summed E-state index contributed by atoms with van der Waals surface area (Å²) in [6.07, 6.45) is 3.81. The molecule has 1 aromatic carbocycles. The largest absolute Gasteiger partial charge is 0.454 e. The van der Waals surface area contributed by atoms with Crippen molar-refractivity contribution in [2.24, 2.45) is 12.0 Å². The fourth-order valence-electron chi connectivity index (χ4n) is 3.29. The molecule has 2 aliphatic heterocycles. The van der Waals surface area contributed by atoms with Crippen molar-refractivity contribution in [1.29, 1.82) is 0 Å². The number of nitrogens with one attached hydrogen (secondary N) is 1. The fourth-order valence-corrected chi connectivity index (χ4v) is 3.57. The highest BCUT2D eigenvalue weighted by molar-refractivity contribution is 6.32. The van der Waals surface area contributed by atoms with Gasteiger partial charge in [-0.2, -0.15) is 5.10 Å². The molecule has 0 aliphatic carbocycles. The molecule has 1 fully saturated rings. The Balaban J connectivity index is 1.41. The number of hydrogen-bond acceptors (Lipinski definition) is 5. The van der Waals surface area contributed by atoms with Crippen molar-refractivity contribution in [3.05, 3.63) is 40.7 Å². The lowest BCUT2D eigenvalue weighted by molar-refractivity contribution is -0.00805.